The van der Waals surface area contributed by atoms with Crippen molar-refractivity contribution in [1.82, 2.24) is 10.7 Å². The molecule has 0 saturated heterocycles. The van der Waals surface area contributed by atoms with Gasteiger partial charge in [0.25, 0.3) is 5.91 Å². The van der Waals surface area contributed by atoms with Gasteiger partial charge in [0, 0.05) is 6.54 Å². The molecule has 3 rings (SSSR count). The van der Waals surface area contributed by atoms with E-state index >= 15 is 0 Å². The van der Waals surface area contributed by atoms with Crippen molar-refractivity contribution in [3.63, 3.8) is 0 Å². The Morgan fingerprint density at radius 3 is 2.41 bits per heavy atom. The molecule has 0 heterocycles. The third kappa shape index (κ3) is 8.49. The summed E-state index contributed by atoms with van der Waals surface area (Å²) in [4.78, 5) is 35.9. The van der Waals surface area contributed by atoms with E-state index in [1.807, 2.05) is 31.2 Å². The average molecular weight is 512 g/mol. The minimum absolute atomic E-state index is 0.186. The van der Waals surface area contributed by atoms with E-state index in [9.17, 15) is 27.6 Å². The molecule has 0 aliphatic heterocycles. The lowest BCUT2D eigenvalue weighted by Crippen LogP contribution is -2.37. The first-order chi connectivity index (χ1) is 17.6. The van der Waals surface area contributed by atoms with E-state index in [4.69, 9.17) is 4.74 Å². The Morgan fingerprint density at radius 1 is 0.946 bits per heavy atom. The molecule has 0 aliphatic carbocycles. The third-order valence-electron chi connectivity index (χ3n) is 4.89. The maximum absolute atomic E-state index is 13.1. The van der Waals surface area contributed by atoms with E-state index in [0.717, 1.165) is 23.3 Å². The Labute approximate surface area is 210 Å². The fraction of sp³-hybridized carbons (Fsp3) is 0.154. The Bertz CT molecular complexity index is 1290. The topological polar surface area (TPSA) is 109 Å². The lowest BCUT2D eigenvalue weighted by Gasteiger charge is -2.13. The molecule has 3 aromatic rings. The van der Waals surface area contributed by atoms with Crippen molar-refractivity contribution in [1.29, 1.82) is 0 Å². The van der Waals surface area contributed by atoms with Gasteiger partial charge in [0.1, 0.15) is 5.75 Å². The molecular weight excluding hydrogens is 489 g/mol. The van der Waals surface area contributed by atoms with Crippen molar-refractivity contribution in [3.8, 4) is 5.75 Å². The normalized spacial score (nSPS) is 11.1. The van der Waals surface area contributed by atoms with Gasteiger partial charge in [-0.3, -0.25) is 14.4 Å². The summed E-state index contributed by atoms with van der Waals surface area (Å²) in [5, 5.41) is 8.40. The molecule has 0 saturated carbocycles. The number of para-hydroxylation sites is 1. The minimum atomic E-state index is -4.62. The molecular formula is C26H23F3N4O4. The van der Waals surface area contributed by atoms with Crippen molar-refractivity contribution >= 4 is 29.6 Å². The second kappa shape index (κ2) is 12.3. The molecule has 0 bridgehead atoms. The summed E-state index contributed by atoms with van der Waals surface area (Å²) in [5.41, 5.74) is 3.16. The Hall–Kier alpha value is -4.67. The van der Waals surface area contributed by atoms with Gasteiger partial charge in [0.05, 0.1) is 17.5 Å². The number of amides is 3. The van der Waals surface area contributed by atoms with Crippen LogP contribution in [0.3, 0.4) is 0 Å². The third-order valence-corrected chi connectivity index (χ3v) is 4.89. The molecule has 3 amide bonds. The van der Waals surface area contributed by atoms with E-state index < -0.39 is 36.1 Å². The highest BCUT2D eigenvalue weighted by molar-refractivity contribution is 6.35. The number of ether oxygens (including phenoxy) is 1. The molecule has 0 spiro atoms. The molecule has 0 atom stereocenters. The van der Waals surface area contributed by atoms with Crippen LogP contribution in [0.4, 0.5) is 18.9 Å². The number of nitrogens with one attached hydrogen (secondary N) is 3. The number of alkyl halides is 3. The monoisotopic (exact) mass is 512 g/mol. The van der Waals surface area contributed by atoms with Gasteiger partial charge in [-0.1, -0.05) is 54.1 Å². The highest BCUT2D eigenvalue weighted by Crippen LogP contribution is 2.34. The number of hydrogen-bond acceptors (Lipinski definition) is 5. The summed E-state index contributed by atoms with van der Waals surface area (Å²) in [6, 6.07) is 18.3. The number of carbonyl (C=O) groups excluding carboxylic acids is 3. The summed E-state index contributed by atoms with van der Waals surface area (Å²) >= 11 is 0. The second-order valence-electron chi connectivity index (χ2n) is 7.82. The van der Waals surface area contributed by atoms with Crippen LogP contribution >= 0.6 is 0 Å². The predicted octanol–water partition coefficient (Wildman–Crippen LogP) is 3.80. The van der Waals surface area contributed by atoms with Gasteiger partial charge in [0.15, 0.2) is 6.61 Å². The quantitative estimate of drug-likeness (QED) is 0.242. The summed E-state index contributed by atoms with van der Waals surface area (Å²) < 4.78 is 44.5. The number of hydrogen-bond donors (Lipinski definition) is 3. The van der Waals surface area contributed by atoms with E-state index in [1.54, 1.807) is 12.1 Å². The zero-order chi connectivity index (χ0) is 26.8. The fourth-order valence-corrected chi connectivity index (χ4v) is 3.04. The number of anilines is 1. The number of rotatable bonds is 8. The molecule has 0 radical (unpaired) electrons. The zero-order valence-electron chi connectivity index (χ0n) is 19.6. The van der Waals surface area contributed by atoms with E-state index in [-0.39, 0.29) is 18.0 Å². The molecule has 0 aromatic heterocycles. The summed E-state index contributed by atoms with van der Waals surface area (Å²) in [6.07, 6.45) is -3.35. The number of hydrazone groups is 1. The van der Waals surface area contributed by atoms with Crippen molar-refractivity contribution < 1.29 is 32.3 Å². The van der Waals surface area contributed by atoms with Gasteiger partial charge in [-0.15, -0.1) is 0 Å². The summed E-state index contributed by atoms with van der Waals surface area (Å²) in [6.45, 7) is 1.59. The van der Waals surface area contributed by atoms with Gasteiger partial charge in [-0.2, -0.15) is 18.3 Å². The van der Waals surface area contributed by atoms with Crippen LogP contribution in [-0.2, 0) is 27.1 Å². The first-order valence-corrected chi connectivity index (χ1v) is 11.0. The first kappa shape index (κ1) is 26.9. The van der Waals surface area contributed by atoms with Crippen molar-refractivity contribution in [2.24, 2.45) is 5.10 Å². The van der Waals surface area contributed by atoms with Gasteiger partial charge in [-0.05, 0) is 42.3 Å². The Balaban J connectivity index is 1.47. The zero-order valence-corrected chi connectivity index (χ0v) is 19.6. The van der Waals surface area contributed by atoms with Gasteiger partial charge in [-0.25, -0.2) is 5.43 Å². The molecule has 192 valence electrons. The van der Waals surface area contributed by atoms with Crippen LogP contribution in [0.25, 0.3) is 0 Å². The van der Waals surface area contributed by atoms with Crippen LogP contribution in [-0.4, -0.2) is 30.5 Å². The maximum Gasteiger partial charge on any atom is 0.418 e. The highest BCUT2D eigenvalue weighted by atomic mass is 19.4. The van der Waals surface area contributed by atoms with Crippen molar-refractivity contribution in [2.75, 3.05) is 11.9 Å². The second-order valence-corrected chi connectivity index (χ2v) is 7.82. The highest BCUT2D eigenvalue weighted by Gasteiger charge is 2.33. The maximum atomic E-state index is 13.1. The average Bonchev–Trinajstić information content (AvgIpc) is 2.87. The Morgan fingerprint density at radius 2 is 1.68 bits per heavy atom. The van der Waals surface area contributed by atoms with Crippen LogP contribution in [0, 0.1) is 6.92 Å². The van der Waals surface area contributed by atoms with Crippen LogP contribution in [0.15, 0.2) is 77.9 Å². The van der Waals surface area contributed by atoms with Crippen LogP contribution in [0.2, 0.25) is 0 Å². The molecule has 11 heteroatoms. The molecule has 37 heavy (non-hydrogen) atoms. The molecule has 3 aromatic carbocycles. The molecule has 8 nitrogen and oxygen atoms in total. The minimum Gasteiger partial charge on any atom is -0.484 e. The first-order valence-electron chi connectivity index (χ1n) is 11.0. The lowest BCUT2D eigenvalue weighted by molar-refractivity contribution is -0.139. The van der Waals surface area contributed by atoms with E-state index in [2.05, 4.69) is 21.2 Å². The molecule has 0 aliphatic rings. The Kier molecular flexibility index (Phi) is 8.98. The van der Waals surface area contributed by atoms with Crippen LogP contribution < -0.4 is 20.8 Å². The summed E-state index contributed by atoms with van der Waals surface area (Å²) in [5.74, 6) is -2.34. The number of carbonyl (C=O) groups is 3. The standard InChI is InChI=1S/C26H23F3N4O4/c1-17-9-11-18(12-10-17)14-30-24(35)25(36)33-31-15-19-5-4-6-20(13-19)37-16-23(34)32-22-8-3-2-7-21(22)26(27,28)29/h2-13,15H,14,16H2,1H3,(H,30,35)(H,32,34)(H,33,36)/b31-15-. The van der Waals surface area contributed by atoms with Crippen LogP contribution in [0.1, 0.15) is 22.3 Å². The number of halogens is 3. The van der Waals surface area contributed by atoms with Crippen molar-refractivity contribution in [3.05, 3.63) is 95.1 Å². The molecule has 0 fully saturated rings. The number of benzene rings is 3. The largest absolute Gasteiger partial charge is 0.484 e. The van der Waals surface area contributed by atoms with Gasteiger partial charge in [0.2, 0.25) is 0 Å². The SMILES string of the molecule is Cc1ccc(CNC(=O)C(=O)N/N=C\c2cccc(OCC(=O)Nc3ccccc3C(F)(F)F)c2)cc1. The lowest BCUT2D eigenvalue weighted by atomic mass is 10.1. The molecule has 0 unspecified atom stereocenters. The van der Waals surface area contributed by atoms with E-state index in [1.165, 1.54) is 30.5 Å². The van der Waals surface area contributed by atoms with E-state index in [0.29, 0.717) is 5.56 Å². The number of aryl methyl sites for hydroxylation is 1. The smallest absolute Gasteiger partial charge is 0.418 e. The van der Waals surface area contributed by atoms with Crippen molar-refractivity contribution in [2.45, 2.75) is 19.6 Å². The van der Waals surface area contributed by atoms with Crippen LogP contribution in [0.5, 0.6) is 5.75 Å². The molecule has 3 N–H and O–H groups in total. The predicted molar refractivity (Wildman–Crippen MR) is 131 cm³/mol. The van der Waals surface area contributed by atoms with Gasteiger partial charge >= 0.3 is 18.0 Å². The fourth-order valence-electron chi connectivity index (χ4n) is 3.04. The van der Waals surface area contributed by atoms with Gasteiger partial charge < -0.3 is 15.4 Å². The number of nitrogens with zero attached hydrogens (tertiary/aromatic N) is 1. The summed E-state index contributed by atoms with van der Waals surface area (Å²) in [7, 11) is 0.